The number of fused-ring (bicyclic) bond motifs is 1. The number of nitriles is 1. The number of ether oxygens (including phenoxy) is 1. The van der Waals surface area contributed by atoms with Crippen molar-refractivity contribution < 1.29 is 4.74 Å². The van der Waals surface area contributed by atoms with Gasteiger partial charge >= 0.3 is 0 Å². The molecule has 116 valence electrons. The molecule has 1 aliphatic heterocycles. The molecule has 0 aliphatic carbocycles. The summed E-state index contributed by atoms with van der Waals surface area (Å²) in [6.07, 6.45) is 0. The summed E-state index contributed by atoms with van der Waals surface area (Å²) in [5.74, 6) is 0.451. The van der Waals surface area contributed by atoms with E-state index in [1.54, 1.807) is 0 Å². The van der Waals surface area contributed by atoms with E-state index in [0.717, 1.165) is 16.8 Å². The highest BCUT2D eigenvalue weighted by Gasteiger charge is 2.31. The zero-order valence-corrected chi connectivity index (χ0v) is 13.6. The minimum Gasteiger partial charge on any atom is -0.440 e. The molecule has 1 aliphatic rings. The maximum atomic E-state index is 9.53. The maximum Gasteiger partial charge on any atom is 0.205 e. The first-order valence-corrected chi connectivity index (χ1v) is 7.54. The number of benzene rings is 2. The van der Waals surface area contributed by atoms with E-state index in [1.165, 1.54) is 0 Å². The molecule has 5 heteroatoms. The van der Waals surface area contributed by atoms with Crippen LogP contribution in [-0.2, 0) is 0 Å². The summed E-state index contributed by atoms with van der Waals surface area (Å²) in [6, 6.07) is 15.5. The number of anilines is 1. The van der Waals surface area contributed by atoms with Crippen molar-refractivity contribution in [3.63, 3.8) is 0 Å². The minimum absolute atomic E-state index is 0.126. The third kappa shape index (κ3) is 2.60. The monoisotopic (exact) mass is 325 g/mol. The topological polar surface area (TPSA) is 62.3 Å². The molecule has 0 aromatic heterocycles. The lowest BCUT2D eigenvalue weighted by molar-refractivity contribution is 0.394. The van der Waals surface area contributed by atoms with Crippen molar-refractivity contribution in [2.75, 3.05) is 19.0 Å². The standard InChI is InChI=1S/C18H16ClN3O/c1-22(2)11-7-8-13-16(9-11)23-18(21)14(10-20)17(13)12-5-3-4-6-15(12)19/h3-9,17H,21H2,1-2H3/t17-/m1/s1. The van der Waals surface area contributed by atoms with Crippen LogP contribution in [0.5, 0.6) is 5.75 Å². The second-order valence-corrected chi connectivity index (χ2v) is 5.97. The molecule has 0 saturated carbocycles. The maximum absolute atomic E-state index is 9.53. The van der Waals surface area contributed by atoms with Gasteiger partial charge in [-0.05, 0) is 17.7 Å². The minimum atomic E-state index is -0.325. The molecule has 2 aromatic carbocycles. The molecule has 2 aromatic rings. The largest absolute Gasteiger partial charge is 0.440 e. The van der Waals surface area contributed by atoms with Gasteiger partial charge in [-0.1, -0.05) is 35.9 Å². The smallest absolute Gasteiger partial charge is 0.205 e. The van der Waals surface area contributed by atoms with Crippen molar-refractivity contribution in [3.05, 3.63) is 70.1 Å². The van der Waals surface area contributed by atoms with Crippen molar-refractivity contribution in [2.24, 2.45) is 5.73 Å². The Hall–Kier alpha value is -2.64. The Labute approximate surface area is 140 Å². The van der Waals surface area contributed by atoms with Crippen LogP contribution in [0.25, 0.3) is 0 Å². The highest BCUT2D eigenvalue weighted by molar-refractivity contribution is 6.31. The van der Waals surface area contributed by atoms with Gasteiger partial charge in [-0.15, -0.1) is 0 Å². The molecule has 0 bridgehead atoms. The van der Waals surface area contributed by atoms with Crippen LogP contribution < -0.4 is 15.4 Å². The molecule has 0 amide bonds. The Kier molecular flexibility index (Phi) is 3.89. The number of hydrogen-bond acceptors (Lipinski definition) is 4. The van der Waals surface area contributed by atoms with Crippen LogP contribution in [-0.4, -0.2) is 14.1 Å². The fraction of sp³-hybridized carbons (Fsp3) is 0.167. The molecule has 1 heterocycles. The summed E-state index contributed by atoms with van der Waals surface area (Å²) in [7, 11) is 3.91. The molecular weight excluding hydrogens is 310 g/mol. The van der Waals surface area contributed by atoms with Gasteiger partial charge in [0.2, 0.25) is 5.88 Å². The normalized spacial score (nSPS) is 16.3. The van der Waals surface area contributed by atoms with E-state index in [1.807, 2.05) is 61.5 Å². The zero-order chi connectivity index (χ0) is 16.6. The van der Waals surface area contributed by atoms with Crippen molar-refractivity contribution in [3.8, 4) is 11.8 Å². The van der Waals surface area contributed by atoms with Gasteiger partial charge in [0, 0.05) is 36.4 Å². The first-order chi connectivity index (χ1) is 11.0. The van der Waals surface area contributed by atoms with Gasteiger partial charge in [-0.3, -0.25) is 0 Å². The van der Waals surface area contributed by atoms with Crippen LogP contribution in [0.1, 0.15) is 17.0 Å². The van der Waals surface area contributed by atoms with Gasteiger partial charge in [0.25, 0.3) is 0 Å². The Bertz CT molecular complexity index is 836. The van der Waals surface area contributed by atoms with Crippen LogP contribution >= 0.6 is 11.6 Å². The molecule has 1 atom stereocenters. The lowest BCUT2D eigenvalue weighted by atomic mass is 9.83. The summed E-state index contributed by atoms with van der Waals surface area (Å²) in [5.41, 5.74) is 9.09. The van der Waals surface area contributed by atoms with Gasteiger partial charge in [-0.25, -0.2) is 0 Å². The molecule has 0 unspecified atom stereocenters. The van der Waals surface area contributed by atoms with E-state index < -0.39 is 0 Å². The fourth-order valence-electron chi connectivity index (χ4n) is 2.75. The number of rotatable bonds is 2. The van der Waals surface area contributed by atoms with Crippen molar-refractivity contribution in [2.45, 2.75) is 5.92 Å². The average molecular weight is 326 g/mol. The third-order valence-corrected chi connectivity index (χ3v) is 4.28. The van der Waals surface area contributed by atoms with E-state index in [-0.39, 0.29) is 11.8 Å². The summed E-state index contributed by atoms with van der Waals surface area (Å²) in [4.78, 5) is 1.98. The van der Waals surface area contributed by atoms with Crippen molar-refractivity contribution >= 4 is 17.3 Å². The quantitative estimate of drug-likeness (QED) is 0.916. The first-order valence-electron chi connectivity index (χ1n) is 7.16. The fourth-order valence-corrected chi connectivity index (χ4v) is 3.00. The van der Waals surface area contributed by atoms with Crippen LogP contribution in [0.3, 0.4) is 0 Å². The van der Waals surface area contributed by atoms with Crippen LogP contribution in [0.15, 0.2) is 53.9 Å². The average Bonchev–Trinajstić information content (AvgIpc) is 2.53. The van der Waals surface area contributed by atoms with Crippen LogP contribution in [0.2, 0.25) is 5.02 Å². The summed E-state index contributed by atoms with van der Waals surface area (Å²) in [5, 5.41) is 10.1. The molecule has 0 radical (unpaired) electrons. The van der Waals surface area contributed by atoms with Gasteiger partial charge in [0.15, 0.2) is 0 Å². The molecule has 23 heavy (non-hydrogen) atoms. The number of nitrogens with two attached hydrogens (primary N) is 1. The second-order valence-electron chi connectivity index (χ2n) is 5.56. The molecule has 0 saturated heterocycles. The van der Waals surface area contributed by atoms with E-state index in [0.29, 0.717) is 16.3 Å². The molecule has 0 spiro atoms. The predicted octanol–water partition coefficient (Wildman–Crippen LogP) is 3.62. The van der Waals surface area contributed by atoms with Gasteiger partial charge in [-0.2, -0.15) is 5.26 Å². The Morgan fingerprint density at radius 2 is 1.91 bits per heavy atom. The SMILES string of the molecule is CN(C)c1ccc2c(c1)OC(N)=C(C#N)[C@@H]2c1ccccc1Cl. The van der Waals surface area contributed by atoms with E-state index in [9.17, 15) is 5.26 Å². The Morgan fingerprint density at radius 1 is 1.17 bits per heavy atom. The Balaban J connectivity index is 2.22. The number of halogens is 1. The van der Waals surface area contributed by atoms with Crippen molar-refractivity contribution in [1.29, 1.82) is 5.26 Å². The van der Waals surface area contributed by atoms with Gasteiger partial charge < -0.3 is 15.4 Å². The van der Waals surface area contributed by atoms with Gasteiger partial charge in [0.1, 0.15) is 17.4 Å². The number of nitrogens with zero attached hydrogens (tertiary/aromatic N) is 2. The molecule has 3 rings (SSSR count). The summed E-state index contributed by atoms with van der Waals surface area (Å²) >= 11 is 6.35. The molecule has 4 nitrogen and oxygen atoms in total. The predicted molar refractivity (Wildman–Crippen MR) is 91.5 cm³/mol. The van der Waals surface area contributed by atoms with Crippen molar-refractivity contribution in [1.82, 2.24) is 0 Å². The van der Waals surface area contributed by atoms with E-state index in [4.69, 9.17) is 22.1 Å². The number of hydrogen-bond donors (Lipinski definition) is 1. The highest BCUT2D eigenvalue weighted by atomic mass is 35.5. The molecule has 0 fully saturated rings. The van der Waals surface area contributed by atoms with Gasteiger partial charge in [0.05, 0.1) is 5.92 Å². The lowest BCUT2D eigenvalue weighted by Crippen LogP contribution is -2.21. The highest BCUT2D eigenvalue weighted by Crippen LogP contribution is 2.44. The van der Waals surface area contributed by atoms with E-state index >= 15 is 0 Å². The zero-order valence-electron chi connectivity index (χ0n) is 12.9. The van der Waals surface area contributed by atoms with E-state index in [2.05, 4.69) is 6.07 Å². The van der Waals surface area contributed by atoms with Crippen LogP contribution in [0.4, 0.5) is 5.69 Å². The number of allylic oxidation sites excluding steroid dienone is 1. The third-order valence-electron chi connectivity index (χ3n) is 3.94. The summed E-state index contributed by atoms with van der Waals surface area (Å²) in [6.45, 7) is 0. The summed E-state index contributed by atoms with van der Waals surface area (Å²) < 4.78 is 5.68. The second kappa shape index (κ2) is 5.86. The Morgan fingerprint density at radius 3 is 2.57 bits per heavy atom. The molecule has 2 N–H and O–H groups in total. The lowest BCUT2D eigenvalue weighted by Gasteiger charge is -2.28. The van der Waals surface area contributed by atoms with Crippen LogP contribution in [0, 0.1) is 11.3 Å². The molecular formula is C18H16ClN3O. The first kappa shape index (κ1) is 15.3.